The van der Waals surface area contributed by atoms with Crippen molar-refractivity contribution in [3.63, 3.8) is 0 Å². The van der Waals surface area contributed by atoms with Crippen molar-refractivity contribution >= 4 is 25.0 Å². The van der Waals surface area contributed by atoms with Crippen LogP contribution in [0.3, 0.4) is 0 Å². The minimum absolute atomic E-state index is 1.14. The monoisotopic (exact) mass is 224 g/mol. The summed E-state index contributed by atoms with van der Waals surface area (Å²) in [6.07, 6.45) is 0. The molecule has 0 nitrogen and oxygen atoms in total. The minimum atomic E-state index is -1.14. The number of benzene rings is 1. The number of aryl methyl sites for hydroxylation is 1. The third-order valence-corrected chi connectivity index (χ3v) is 5.11. The second kappa shape index (κ2) is 4.54. The summed E-state index contributed by atoms with van der Waals surface area (Å²) >= 11 is 1.94. The Kier molecular flexibility index (Phi) is 3.84. The molecule has 0 spiro atoms. The van der Waals surface area contributed by atoms with Crippen LogP contribution in [-0.4, -0.2) is 13.8 Å². The third kappa shape index (κ3) is 3.17. The van der Waals surface area contributed by atoms with Gasteiger partial charge in [0.25, 0.3) is 0 Å². The molecule has 0 saturated heterocycles. The first-order valence-electron chi connectivity index (χ1n) is 5.18. The Bertz CT molecular complexity index is 313. The molecule has 0 amide bonds. The van der Waals surface area contributed by atoms with Gasteiger partial charge in [-0.25, -0.2) is 0 Å². The molecule has 0 aliphatic carbocycles. The van der Waals surface area contributed by atoms with Crippen LogP contribution in [0, 0.1) is 6.92 Å². The first-order valence-corrected chi connectivity index (χ1v) is 9.67. The SMILES string of the molecule is CCSc1cc(C)cc([Si](C)(C)C)c1. The summed E-state index contributed by atoms with van der Waals surface area (Å²) < 4.78 is 0. The largest absolute Gasteiger partial charge is 0.126 e. The van der Waals surface area contributed by atoms with Gasteiger partial charge in [-0.2, -0.15) is 0 Å². The van der Waals surface area contributed by atoms with Crippen LogP contribution in [-0.2, 0) is 0 Å². The summed E-state index contributed by atoms with van der Waals surface area (Å²) in [4.78, 5) is 1.44. The maximum Gasteiger partial charge on any atom is 0.0776 e. The van der Waals surface area contributed by atoms with Crippen molar-refractivity contribution in [2.24, 2.45) is 0 Å². The lowest BCUT2D eigenvalue weighted by Gasteiger charge is -2.18. The van der Waals surface area contributed by atoms with Gasteiger partial charge in [0, 0.05) is 4.90 Å². The van der Waals surface area contributed by atoms with E-state index in [0.29, 0.717) is 0 Å². The predicted molar refractivity (Wildman–Crippen MR) is 70.6 cm³/mol. The minimum Gasteiger partial charge on any atom is -0.126 e. The molecular formula is C12H20SSi. The van der Waals surface area contributed by atoms with Crippen molar-refractivity contribution in [1.29, 1.82) is 0 Å². The highest BCUT2D eigenvalue weighted by Gasteiger charge is 2.16. The van der Waals surface area contributed by atoms with E-state index in [1.807, 2.05) is 11.8 Å². The van der Waals surface area contributed by atoms with Crippen molar-refractivity contribution in [3.8, 4) is 0 Å². The molecule has 2 heteroatoms. The highest BCUT2D eigenvalue weighted by Crippen LogP contribution is 2.19. The summed E-state index contributed by atoms with van der Waals surface area (Å²) in [5.41, 5.74) is 1.40. The van der Waals surface area contributed by atoms with Crippen molar-refractivity contribution in [2.45, 2.75) is 38.4 Å². The second-order valence-electron chi connectivity index (χ2n) is 4.72. The van der Waals surface area contributed by atoms with Gasteiger partial charge < -0.3 is 0 Å². The molecule has 0 atom stereocenters. The van der Waals surface area contributed by atoms with Crippen LogP contribution in [0.5, 0.6) is 0 Å². The molecule has 0 saturated carbocycles. The van der Waals surface area contributed by atoms with Gasteiger partial charge in [-0.05, 0) is 24.8 Å². The molecule has 0 bridgehead atoms. The molecule has 0 N–H and O–H groups in total. The van der Waals surface area contributed by atoms with E-state index in [2.05, 4.69) is 51.7 Å². The summed E-state index contributed by atoms with van der Waals surface area (Å²) in [7, 11) is -1.14. The number of rotatable bonds is 3. The standard InChI is InChI=1S/C12H20SSi/c1-6-13-11-7-10(2)8-12(9-11)14(3,4)5/h7-9H,6H2,1-5H3. The fourth-order valence-corrected chi connectivity index (χ4v) is 3.60. The smallest absolute Gasteiger partial charge is 0.0776 e. The zero-order valence-electron chi connectivity index (χ0n) is 9.85. The molecular weight excluding hydrogens is 204 g/mol. The average Bonchev–Trinajstić information content (AvgIpc) is 2.02. The van der Waals surface area contributed by atoms with E-state index in [1.54, 1.807) is 5.19 Å². The van der Waals surface area contributed by atoms with Gasteiger partial charge in [0.2, 0.25) is 0 Å². The maximum absolute atomic E-state index is 2.40. The predicted octanol–water partition coefficient (Wildman–Crippen LogP) is 3.65. The van der Waals surface area contributed by atoms with Crippen LogP contribution in [0.1, 0.15) is 12.5 Å². The molecule has 14 heavy (non-hydrogen) atoms. The summed E-state index contributed by atoms with van der Waals surface area (Å²) in [6.45, 7) is 11.6. The Balaban J connectivity index is 3.07. The lowest BCUT2D eigenvalue weighted by atomic mass is 10.2. The lowest BCUT2D eigenvalue weighted by Crippen LogP contribution is -2.37. The van der Waals surface area contributed by atoms with E-state index in [0.717, 1.165) is 5.75 Å². The van der Waals surface area contributed by atoms with Gasteiger partial charge in [-0.15, -0.1) is 11.8 Å². The molecule has 0 aromatic heterocycles. The molecule has 1 rings (SSSR count). The Morgan fingerprint density at radius 2 is 1.79 bits per heavy atom. The Morgan fingerprint density at radius 3 is 2.29 bits per heavy atom. The topological polar surface area (TPSA) is 0 Å². The fraction of sp³-hybridized carbons (Fsp3) is 0.500. The number of thioether (sulfide) groups is 1. The summed E-state index contributed by atoms with van der Waals surface area (Å²) in [5.74, 6) is 1.16. The van der Waals surface area contributed by atoms with Crippen LogP contribution in [0.2, 0.25) is 19.6 Å². The second-order valence-corrected chi connectivity index (χ2v) is 11.1. The van der Waals surface area contributed by atoms with E-state index in [1.165, 1.54) is 10.5 Å². The Morgan fingerprint density at radius 1 is 1.14 bits per heavy atom. The summed E-state index contributed by atoms with van der Waals surface area (Å²) in [5, 5.41) is 1.58. The third-order valence-electron chi connectivity index (χ3n) is 2.23. The highest BCUT2D eigenvalue weighted by atomic mass is 32.2. The van der Waals surface area contributed by atoms with Crippen molar-refractivity contribution < 1.29 is 0 Å². The Hall–Kier alpha value is -0.213. The van der Waals surface area contributed by atoms with Gasteiger partial charge in [0.15, 0.2) is 0 Å². The molecule has 78 valence electrons. The van der Waals surface area contributed by atoms with E-state index in [9.17, 15) is 0 Å². The molecule has 0 aliphatic rings. The highest BCUT2D eigenvalue weighted by molar-refractivity contribution is 7.99. The van der Waals surface area contributed by atoms with Gasteiger partial charge >= 0.3 is 0 Å². The number of hydrogen-bond acceptors (Lipinski definition) is 1. The summed E-state index contributed by atoms with van der Waals surface area (Å²) in [6, 6.07) is 7.02. The van der Waals surface area contributed by atoms with Crippen LogP contribution in [0.15, 0.2) is 23.1 Å². The zero-order valence-corrected chi connectivity index (χ0v) is 11.7. The van der Waals surface area contributed by atoms with E-state index in [-0.39, 0.29) is 0 Å². The quantitative estimate of drug-likeness (QED) is 0.558. The molecule has 0 heterocycles. The number of hydrogen-bond donors (Lipinski definition) is 0. The molecule has 0 radical (unpaired) electrons. The van der Waals surface area contributed by atoms with Crippen molar-refractivity contribution in [2.75, 3.05) is 5.75 Å². The van der Waals surface area contributed by atoms with E-state index in [4.69, 9.17) is 0 Å². The molecule has 1 aromatic rings. The van der Waals surface area contributed by atoms with Crippen LogP contribution in [0.4, 0.5) is 0 Å². The van der Waals surface area contributed by atoms with E-state index < -0.39 is 8.07 Å². The molecule has 0 unspecified atom stereocenters. The van der Waals surface area contributed by atoms with E-state index >= 15 is 0 Å². The van der Waals surface area contributed by atoms with Crippen LogP contribution < -0.4 is 5.19 Å². The normalized spacial score (nSPS) is 11.8. The fourth-order valence-electron chi connectivity index (χ4n) is 1.43. The van der Waals surface area contributed by atoms with Crippen molar-refractivity contribution in [1.82, 2.24) is 0 Å². The Labute approximate surface area is 93.1 Å². The van der Waals surface area contributed by atoms with Gasteiger partial charge in [-0.3, -0.25) is 0 Å². The van der Waals surface area contributed by atoms with Gasteiger partial charge in [-0.1, -0.05) is 43.4 Å². The first-order chi connectivity index (χ1) is 6.43. The molecule has 0 aliphatic heterocycles. The lowest BCUT2D eigenvalue weighted by molar-refractivity contribution is 1.36. The van der Waals surface area contributed by atoms with Crippen molar-refractivity contribution in [3.05, 3.63) is 23.8 Å². The maximum atomic E-state index is 2.40. The zero-order chi connectivity index (χ0) is 10.8. The molecule has 1 aromatic carbocycles. The molecule has 0 fully saturated rings. The van der Waals surface area contributed by atoms with Gasteiger partial charge in [0.1, 0.15) is 0 Å². The average molecular weight is 224 g/mol. The van der Waals surface area contributed by atoms with Gasteiger partial charge in [0.05, 0.1) is 8.07 Å². The van der Waals surface area contributed by atoms with Crippen LogP contribution >= 0.6 is 11.8 Å². The van der Waals surface area contributed by atoms with Crippen LogP contribution in [0.25, 0.3) is 0 Å². The first kappa shape index (κ1) is 11.9.